The van der Waals surface area contributed by atoms with Gasteiger partial charge < -0.3 is 10.1 Å². The summed E-state index contributed by atoms with van der Waals surface area (Å²) >= 11 is 0. The van der Waals surface area contributed by atoms with Crippen LogP contribution in [-0.2, 0) is 6.42 Å². The number of anilines is 1. The van der Waals surface area contributed by atoms with Crippen molar-refractivity contribution >= 4 is 11.4 Å². The second-order valence-electron chi connectivity index (χ2n) is 7.81. The lowest BCUT2D eigenvalue weighted by Crippen LogP contribution is -2.30. The Morgan fingerprint density at radius 3 is 2.22 bits per heavy atom. The molecule has 0 saturated heterocycles. The predicted octanol–water partition coefficient (Wildman–Crippen LogP) is 6.04. The van der Waals surface area contributed by atoms with Crippen LogP contribution >= 0.6 is 0 Å². The molecule has 0 bridgehead atoms. The largest absolute Gasteiger partial charge is 0.495 e. The highest BCUT2D eigenvalue weighted by molar-refractivity contribution is 5.99. The van der Waals surface area contributed by atoms with Crippen molar-refractivity contribution in [3.05, 3.63) is 23.3 Å². The Labute approximate surface area is 167 Å². The topological polar surface area (TPSA) is 24.3 Å². The summed E-state index contributed by atoms with van der Waals surface area (Å²) in [7, 11) is 3.74. The van der Waals surface area contributed by atoms with E-state index < -0.39 is 0 Å². The Balaban J connectivity index is 1.92. The molecule has 3 heteroatoms. The minimum atomic E-state index is 0.957. The van der Waals surface area contributed by atoms with E-state index in [0.717, 1.165) is 30.9 Å². The average molecular weight is 374 g/mol. The first-order chi connectivity index (χ1) is 13.2. The van der Waals surface area contributed by atoms with E-state index in [-0.39, 0.29) is 0 Å². The maximum Gasteiger partial charge on any atom is 0.183 e. The summed E-state index contributed by atoms with van der Waals surface area (Å²) < 4.78 is 8.20. The van der Waals surface area contributed by atoms with Gasteiger partial charge in [0, 0.05) is 25.5 Å². The molecular weight excluding hydrogens is 332 g/mol. The molecule has 0 spiro atoms. The lowest BCUT2D eigenvalue weighted by atomic mass is 9.92. The van der Waals surface area contributed by atoms with E-state index in [0.29, 0.717) is 0 Å². The molecule has 0 radical (unpaired) electrons. The van der Waals surface area contributed by atoms with Gasteiger partial charge in [0.25, 0.3) is 0 Å². The second kappa shape index (κ2) is 12.0. The molecule has 1 N–H and O–H groups in total. The number of likely N-dealkylation sites (N-methyl/N-ethyl adjacent to an activating group) is 1. The molecule has 1 aromatic carbocycles. The van der Waals surface area contributed by atoms with Crippen LogP contribution in [0.2, 0.25) is 0 Å². The normalized spacial score (nSPS) is 13.6. The van der Waals surface area contributed by atoms with Crippen LogP contribution in [0.4, 0.5) is 5.69 Å². The Morgan fingerprint density at radius 1 is 0.963 bits per heavy atom. The number of hydrogen-bond acceptors (Lipinski definition) is 2. The first-order valence-corrected chi connectivity index (χ1v) is 11.2. The zero-order chi connectivity index (χ0) is 19.5. The number of hydrogen-bond donors (Lipinski definition) is 1. The van der Waals surface area contributed by atoms with Gasteiger partial charge in [0.1, 0.15) is 18.8 Å². The highest BCUT2D eigenvalue weighted by atomic mass is 16.5. The van der Waals surface area contributed by atoms with Crippen LogP contribution in [0.5, 0.6) is 5.75 Å². The summed E-state index contributed by atoms with van der Waals surface area (Å²) in [6.45, 7) is 6.81. The van der Waals surface area contributed by atoms with E-state index in [1.54, 1.807) is 7.11 Å². The number of nitrogens with zero attached hydrogens (tertiary/aromatic N) is 1. The van der Waals surface area contributed by atoms with Crippen molar-refractivity contribution in [1.82, 2.24) is 0 Å². The molecule has 27 heavy (non-hydrogen) atoms. The first-order valence-electron chi connectivity index (χ1n) is 11.2. The number of unbranched alkanes of at least 4 members (excludes halogenated alkanes) is 8. The van der Waals surface area contributed by atoms with Crippen LogP contribution in [0.15, 0.2) is 12.1 Å². The van der Waals surface area contributed by atoms with E-state index in [9.17, 15) is 0 Å². The van der Waals surface area contributed by atoms with Gasteiger partial charge in [0.05, 0.1) is 12.8 Å². The summed E-state index contributed by atoms with van der Waals surface area (Å²) in [5, 5.41) is 3.27. The van der Waals surface area contributed by atoms with Crippen LogP contribution < -0.4 is 10.1 Å². The van der Waals surface area contributed by atoms with Gasteiger partial charge in [-0.2, -0.15) is 0 Å². The fourth-order valence-electron chi connectivity index (χ4n) is 4.27. The van der Waals surface area contributed by atoms with Crippen LogP contribution in [0.3, 0.4) is 0 Å². The van der Waals surface area contributed by atoms with Crippen molar-refractivity contribution in [2.45, 2.75) is 84.5 Å². The van der Waals surface area contributed by atoms with Gasteiger partial charge in [-0.15, -0.1) is 0 Å². The van der Waals surface area contributed by atoms with Crippen molar-refractivity contribution in [2.24, 2.45) is 0 Å². The number of ether oxygens (including phenoxy) is 1. The molecule has 0 atom stereocenters. The average Bonchev–Trinajstić information content (AvgIpc) is 2.71. The molecule has 0 aliphatic carbocycles. The zero-order valence-electron chi connectivity index (χ0n) is 18.2. The summed E-state index contributed by atoms with van der Waals surface area (Å²) in [5.74, 6) is 0.957. The zero-order valence-corrected chi connectivity index (χ0v) is 18.2. The van der Waals surface area contributed by atoms with Crippen molar-refractivity contribution in [3.63, 3.8) is 0 Å². The van der Waals surface area contributed by atoms with E-state index in [1.165, 1.54) is 81.0 Å². The van der Waals surface area contributed by atoms with Gasteiger partial charge in [0.15, 0.2) is 5.71 Å². The van der Waals surface area contributed by atoms with Crippen LogP contribution in [-0.4, -0.2) is 37.5 Å². The highest BCUT2D eigenvalue weighted by Crippen LogP contribution is 2.31. The van der Waals surface area contributed by atoms with Crippen molar-refractivity contribution in [3.8, 4) is 5.75 Å². The first kappa shape index (κ1) is 21.8. The van der Waals surface area contributed by atoms with Crippen molar-refractivity contribution in [2.75, 3.05) is 32.6 Å². The molecule has 1 aliphatic heterocycles. The second-order valence-corrected chi connectivity index (χ2v) is 7.81. The van der Waals surface area contributed by atoms with Crippen LogP contribution in [0.1, 0.15) is 89.2 Å². The Kier molecular flexibility index (Phi) is 9.72. The van der Waals surface area contributed by atoms with Gasteiger partial charge in [-0.05, 0) is 31.0 Å². The molecule has 0 amide bonds. The van der Waals surface area contributed by atoms with Crippen LogP contribution in [0.25, 0.3) is 0 Å². The Morgan fingerprint density at radius 2 is 1.63 bits per heavy atom. The van der Waals surface area contributed by atoms with E-state index in [2.05, 4.69) is 35.9 Å². The number of fused-ring (bicyclic) bond motifs is 1. The molecule has 1 aliphatic rings. The molecule has 152 valence electrons. The SMILES string of the molecule is CCCCCCCCCCCC1=[N+](CC)CCc2cc(NC)c(OC)cc21. The Bertz CT molecular complexity index is 607. The smallest absolute Gasteiger partial charge is 0.183 e. The summed E-state index contributed by atoms with van der Waals surface area (Å²) in [4.78, 5) is 0. The molecule has 0 aromatic heterocycles. The molecule has 0 fully saturated rings. The minimum absolute atomic E-state index is 0.957. The van der Waals surface area contributed by atoms with Gasteiger partial charge in [-0.3, -0.25) is 0 Å². The van der Waals surface area contributed by atoms with E-state index in [1.807, 2.05) is 7.05 Å². The minimum Gasteiger partial charge on any atom is -0.495 e. The van der Waals surface area contributed by atoms with Crippen LogP contribution in [0, 0.1) is 0 Å². The van der Waals surface area contributed by atoms with E-state index >= 15 is 0 Å². The summed E-state index contributed by atoms with van der Waals surface area (Å²) in [6.07, 6.45) is 14.8. The maximum atomic E-state index is 5.62. The van der Waals surface area contributed by atoms with Gasteiger partial charge in [0.2, 0.25) is 0 Å². The lowest BCUT2D eigenvalue weighted by molar-refractivity contribution is -0.526. The molecule has 1 heterocycles. The predicted molar refractivity (Wildman–Crippen MR) is 118 cm³/mol. The molecule has 0 saturated carbocycles. The summed E-state index contributed by atoms with van der Waals surface area (Å²) in [6, 6.07) is 4.55. The summed E-state index contributed by atoms with van der Waals surface area (Å²) in [5.41, 5.74) is 5.51. The maximum absolute atomic E-state index is 5.62. The third-order valence-electron chi connectivity index (χ3n) is 5.94. The van der Waals surface area contributed by atoms with Crippen molar-refractivity contribution in [1.29, 1.82) is 0 Å². The monoisotopic (exact) mass is 373 g/mol. The Hall–Kier alpha value is -1.51. The number of rotatable bonds is 13. The standard InChI is InChI=1S/C24H40N2O/c1-5-7-8-9-10-11-12-13-14-15-23-21-19-24(27-4)22(25-3)18-20(21)16-17-26(23)6-2/h18-19H,5-17H2,1-4H3/p+1. The highest BCUT2D eigenvalue weighted by Gasteiger charge is 2.26. The number of benzene rings is 1. The van der Waals surface area contributed by atoms with E-state index in [4.69, 9.17) is 4.74 Å². The molecular formula is C24H41N2O+. The van der Waals surface area contributed by atoms with Gasteiger partial charge in [-0.1, -0.05) is 58.3 Å². The van der Waals surface area contributed by atoms with Gasteiger partial charge >= 0.3 is 0 Å². The fraction of sp³-hybridized carbons (Fsp3) is 0.708. The molecule has 1 aromatic rings. The third kappa shape index (κ3) is 6.26. The van der Waals surface area contributed by atoms with Crippen molar-refractivity contribution < 1.29 is 9.31 Å². The third-order valence-corrected chi connectivity index (χ3v) is 5.94. The fourth-order valence-corrected chi connectivity index (χ4v) is 4.27. The lowest BCUT2D eigenvalue weighted by Gasteiger charge is -2.20. The number of nitrogens with one attached hydrogen (secondary N) is 1. The quantitative estimate of drug-likeness (QED) is 0.337. The van der Waals surface area contributed by atoms with Gasteiger partial charge in [-0.25, -0.2) is 4.58 Å². The molecule has 0 unspecified atom stereocenters. The number of methoxy groups -OCH3 is 1. The molecule has 3 nitrogen and oxygen atoms in total. The molecule has 2 rings (SSSR count).